The number of aromatic nitrogens is 3. The van der Waals surface area contributed by atoms with Crippen LogP contribution in [0.3, 0.4) is 0 Å². The van der Waals surface area contributed by atoms with Crippen LogP contribution in [0.2, 0.25) is 0 Å². The van der Waals surface area contributed by atoms with Crippen LogP contribution in [0.25, 0.3) is 11.4 Å². The van der Waals surface area contributed by atoms with Gasteiger partial charge in [0.15, 0.2) is 18.1 Å². The number of likely N-dealkylation sites (tertiary alicyclic amines) is 1. The molecule has 0 unspecified atom stereocenters. The molecule has 8 nitrogen and oxygen atoms in total. The fourth-order valence-electron chi connectivity index (χ4n) is 3.78. The molecule has 0 N–H and O–H groups in total. The zero-order chi connectivity index (χ0) is 20.7. The Morgan fingerprint density at radius 1 is 1.27 bits per heavy atom. The Kier molecular flexibility index (Phi) is 4.42. The number of fused-ring (bicyclic) bond motifs is 1. The molecule has 0 spiro atoms. The fourth-order valence-corrected chi connectivity index (χ4v) is 3.78. The highest BCUT2D eigenvalue weighted by molar-refractivity contribution is 5.79. The first-order chi connectivity index (χ1) is 14.5. The van der Waals surface area contributed by atoms with Crippen molar-refractivity contribution in [3.8, 4) is 22.9 Å². The standard InChI is InChI=1S/C22H22N4O4/c1-22(2)9-14-5-3-7-17(19(14)29-22)28-13-18(27)26-11-16(12-26)21-24-20(25-30-21)15-6-4-8-23-10-15/h3-8,10,16H,9,11-13H2,1-2H3. The van der Waals surface area contributed by atoms with Gasteiger partial charge < -0.3 is 18.9 Å². The second-order valence-corrected chi connectivity index (χ2v) is 8.27. The predicted octanol–water partition coefficient (Wildman–Crippen LogP) is 2.85. The third-order valence-electron chi connectivity index (χ3n) is 5.35. The Bertz CT molecular complexity index is 1070. The third kappa shape index (κ3) is 3.49. The topological polar surface area (TPSA) is 90.6 Å². The van der Waals surface area contributed by atoms with E-state index < -0.39 is 0 Å². The van der Waals surface area contributed by atoms with Crippen LogP contribution in [0.4, 0.5) is 0 Å². The van der Waals surface area contributed by atoms with Gasteiger partial charge in [-0.15, -0.1) is 0 Å². The molecule has 1 aromatic carbocycles. The molecule has 0 saturated carbocycles. The van der Waals surface area contributed by atoms with E-state index in [2.05, 4.69) is 15.1 Å². The average molecular weight is 406 g/mol. The summed E-state index contributed by atoms with van der Waals surface area (Å²) in [6, 6.07) is 9.50. The van der Waals surface area contributed by atoms with E-state index in [4.69, 9.17) is 14.0 Å². The lowest BCUT2D eigenvalue weighted by Gasteiger charge is -2.36. The van der Waals surface area contributed by atoms with Gasteiger partial charge in [0.1, 0.15) is 5.60 Å². The molecule has 4 heterocycles. The van der Waals surface area contributed by atoms with Crippen molar-refractivity contribution in [2.24, 2.45) is 0 Å². The Morgan fingerprint density at radius 2 is 2.13 bits per heavy atom. The molecule has 2 aromatic heterocycles. The van der Waals surface area contributed by atoms with Gasteiger partial charge in [0.2, 0.25) is 11.7 Å². The van der Waals surface area contributed by atoms with Gasteiger partial charge >= 0.3 is 0 Å². The number of benzene rings is 1. The molecule has 30 heavy (non-hydrogen) atoms. The summed E-state index contributed by atoms with van der Waals surface area (Å²) >= 11 is 0. The summed E-state index contributed by atoms with van der Waals surface area (Å²) in [5, 5.41) is 4.01. The largest absolute Gasteiger partial charge is 0.483 e. The van der Waals surface area contributed by atoms with Crippen LogP contribution in [0.15, 0.2) is 47.2 Å². The SMILES string of the molecule is CC1(C)Cc2cccc(OCC(=O)N3CC(c4nc(-c5cccnc5)no4)C3)c2O1. The van der Waals surface area contributed by atoms with Crippen molar-refractivity contribution >= 4 is 5.91 Å². The average Bonchev–Trinajstić information content (AvgIpc) is 3.29. The molecular weight excluding hydrogens is 384 g/mol. The highest BCUT2D eigenvalue weighted by Gasteiger charge is 2.36. The molecule has 5 rings (SSSR count). The van der Waals surface area contributed by atoms with Gasteiger partial charge in [-0.25, -0.2) is 0 Å². The first kappa shape index (κ1) is 18.6. The normalized spacial score (nSPS) is 17.2. The second kappa shape index (κ2) is 7.12. The van der Waals surface area contributed by atoms with Gasteiger partial charge in [-0.2, -0.15) is 4.98 Å². The molecule has 8 heteroatoms. The van der Waals surface area contributed by atoms with Gasteiger partial charge in [-0.05, 0) is 32.0 Å². The fraction of sp³-hybridized carbons (Fsp3) is 0.364. The van der Waals surface area contributed by atoms with Crippen LogP contribution in [0.1, 0.15) is 31.2 Å². The zero-order valence-corrected chi connectivity index (χ0v) is 16.9. The second-order valence-electron chi connectivity index (χ2n) is 8.27. The van der Waals surface area contributed by atoms with Crippen molar-refractivity contribution in [1.82, 2.24) is 20.0 Å². The molecule has 2 aliphatic rings. The van der Waals surface area contributed by atoms with Gasteiger partial charge in [-0.3, -0.25) is 9.78 Å². The highest BCUT2D eigenvalue weighted by Crippen LogP contribution is 2.41. The summed E-state index contributed by atoms with van der Waals surface area (Å²) in [7, 11) is 0. The molecule has 1 amide bonds. The lowest BCUT2D eigenvalue weighted by Crippen LogP contribution is -2.50. The molecule has 0 aliphatic carbocycles. The summed E-state index contributed by atoms with van der Waals surface area (Å²) in [6.07, 6.45) is 4.21. The minimum Gasteiger partial charge on any atom is -0.483 e. The number of rotatable bonds is 5. The third-order valence-corrected chi connectivity index (χ3v) is 5.35. The lowest BCUT2D eigenvalue weighted by atomic mass is 10.0. The van der Waals surface area contributed by atoms with Crippen molar-refractivity contribution in [3.63, 3.8) is 0 Å². The van der Waals surface area contributed by atoms with E-state index in [9.17, 15) is 4.79 Å². The Morgan fingerprint density at radius 3 is 2.93 bits per heavy atom. The van der Waals surface area contributed by atoms with Gasteiger partial charge in [0, 0.05) is 43.0 Å². The first-order valence-corrected chi connectivity index (χ1v) is 9.94. The number of amides is 1. The summed E-state index contributed by atoms with van der Waals surface area (Å²) in [5.74, 6) is 2.36. The van der Waals surface area contributed by atoms with Gasteiger partial charge in [0.25, 0.3) is 5.91 Å². The summed E-state index contributed by atoms with van der Waals surface area (Å²) in [6.45, 7) is 5.12. The zero-order valence-electron chi connectivity index (χ0n) is 16.9. The number of hydrogen-bond donors (Lipinski definition) is 0. The van der Waals surface area contributed by atoms with E-state index in [-0.39, 0.29) is 24.0 Å². The molecule has 2 aliphatic heterocycles. The first-order valence-electron chi connectivity index (χ1n) is 9.94. The number of nitrogens with zero attached hydrogens (tertiary/aromatic N) is 4. The van der Waals surface area contributed by atoms with Gasteiger partial charge in [0.05, 0.1) is 5.92 Å². The maximum absolute atomic E-state index is 12.5. The van der Waals surface area contributed by atoms with Crippen molar-refractivity contribution in [2.45, 2.75) is 31.8 Å². The minimum atomic E-state index is -0.255. The van der Waals surface area contributed by atoms with Crippen molar-refractivity contribution in [2.75, 3.05) is 19.7 Å². The predicted molar refractivity (Wildman–Crippen MR) is 107 cm³/mol. The van der Waals surface area contributed by atoms with Gasteiger partial charge in [-0.1, -0.05) is 17.3 Å². The van der Waals surface area contributed by atoms with E-state index in [0.29, 0.717) is 30.6 Å². The number of ether oxygens (including phenoxy) is 2. The maximum atomic E-state index is 12.5. The van der Waals surface area contributed by atoms with Crippen molar-refractivity contribution < 1.29 is 18.8 Å². The maximum Gasteiger partial charge on any atom is 0.260 e. The Labute approximate surface area is 173 Å². The number of pyridine rings is 1. The number of hydrogen-bond acceptors (Lipinski definition) is 7. The summed E-state index contributed by atoms with van der Waals surface area (Å²) in [5.41, 5.74) is 1.65. The van der Waals surface area contributed by atoms with Crippen LogP contribution in [-0.2, 0) is 11.2 Å². The van der Waals surface area contributed by atoms with E-state index in [1.807, 2.05) is 44.2 Å². The molecular formula is C22H22N4O4. The van der Waals surface area contributed by atoms with Crippen LogP contribution in [0.5, 0.6) is 11.5 Å². The van der Waals surface area contributed by atoms with Crippen LogP contribution >= 0.6 is 0 Å². The highest BCUT2D eigenvalue weighted by atomic mass is 16.5. The van der Waals surface area contributed by atoms with E-state index in [0.717, 1.165) is 23.3 Å². The van der Waals surface area contributed by atoms with Crippen LogP contribution in [0, 0.1) is 0 Å². The number of carbonyl (C=O) groups is 1. The smallest absolute Gasteiger partial charge is 0.260 e. The molecule has 154 valence electrons. The minimum absolute atomic E-state index is 0.0300. The van der Waals surface area contributed by atoms with E-state index >= 15 is 0 Å². The molecule has 1 saturated heterocycles. The molecule has 0 atom stereocenters. The lowest BCUT2D eigenvalue weighted by molar-refractivity contribution is -0.138. The number of carbonyl (C=O) groups excluding carboxylic acids is 1. The van der Waals surface area contributed by atoms with E-state index in [1.54, 1.807) is 17.3 Å². The van der Waals surface area contributed by atoms with E-state index in [1.165, 1.54) is 0 Å². The molecule has 3 aromatic rings. The summed E-state index contributed by atoms with van der Waals surface area (Å²) < 4.78 is 17.2. The van der Waals surface area contributed by atoms with Crippen LogP contribution < -0.4 is 9.47 Å². The molecule has 0 radical (unpaired) electrons. The molecule has 1 fully saturated rings. The Balaban J connectivity index is 1.16. The van der Waals surface area contributed by atoms with Crippen LogP contribution in [-0.4, -0.2) is 51.2 Å². The monoisotopic (exact) mass is 406 g/mol. The van der Waals surface area contributed by atoms with Crippen molar-refractivity contribution in [3.05, 3.63) is 54.2 Å². The molecule has 0 bridgehead atoms. The van der Waals surface area contributed by atoms with Crippen molar-refractivity contribution in [1.29, 1.82) is 0 Å². The number of para-hydroxylation sites is 1. The summed E-state index contributed by atoms with van der Waals surface area (Å²) in [4.78, 5) is 22.7. The Hall–Kier alpha value is -3.42. The quantitative estimate of drug-likeness (QED) is 0.643.